The van der Waals surface area contributed by atoms with Crippen LogP contribution < -0.4 is 4.74 Å². The molecule has 0 aromatic heterocycles. The molecule has 0 bridgehead atoms. The van der Waals surface area contributed by atoms with Crippen molar-refractivity contribution in [1.82, 2.24) is 4.90 Å². The molecule has 152 valence electrons. The molecule has 6 nitrogen and oxygen atoms in total. The van der Waals surface area contributed by atoms with Crippen LogP contribution in [-0.2, 0) is 14.3 Å². The highest BCUT2D eigenvalue weighted by atomic mass is 16.5. The molecule has 0 saturated carbocycles. The van der Waals surface area contributed by atoms with Crippen molar-refractivity contribution in [3.05, 3.63) is 66.2 Å². The molecule has 1 amide bonds. The van der Waals surface area contributed by atoms with Crippen molar-refractivity contribution in [2.24, 2.45) is 0 Å². The summed E-state index contributed by atoms with van der Waals surface area (Å²) in [5.41, 5.74) is 3.03. The first-order valence-corrected chi connectivity index (χ1v) is 9.28. The molecular weight excluding hydrogens is 370 g/mol. The van der Waals surface area contributed by atoms with Gasteiger partial charge in [0.25, 0.3) is 5.91 Å². The SMILES string of the molecule is C=C(C)CN(CC)C(=O)COC(=O)c1ccc(-c2ccc(OC(C)=O)cc2)cc1. The summed E-state index contributed by atoms with van der Waals surface area (Å²) in [4.78, 5) is 36.9. The van der Waals surface area contributed by atoms with E-state index in [0.29, 0.717) is 24.4 Å². The molecule has 2 aromatic rings. The number of likely N-dealkylation sites (N-methyl/N-ethyl adjacent to an activating group) is 1. The minimum absolute atomic E-state index is 0.256. The zero-order chi connectivity index (χ0) is 21.4. The molecule has 6 heteroatoms. The Morgan fingerprint density at radius 1 is 0.931 bits per heavy atom. The van der Waals surface area contributed by atoms with Gasteiger partial charge in [0.1, 0.15) is 5.75 Å². The van der Waals surface area contributed by atoms with Gasteiger partial charge in [-0.15, -0.1) is 0 Å². The lowest BCUT2D eigenvalue weighted by molar-refractivity contribution is -0.134. The summed E-state index contributed by atoms with van der Waals surface area (Å²) < 4.78 is 10.2. The van der Waals surface area contributed by atoms with Gasteiger partial charge in [0.05, 0.1) is 5.56 Å². The van der Waals surface area contributed by atoms with Crippen LogP contribution in [0.5, 0.6) is 5.75 Å². The molecule has 0 heterocycles. The fourth-order valence-corrected chi connectivity index (χ4v) is 2.68. The monoisotopic (exact) mass is 395 g/mol. The Hall–Kier alpha value is -3.41. The lowest BCUT2D eigenvalue weighted by Gasteiger charge is -2.20. The first-order chi connectivity index (χ1) is 13.8. The molecule has 0 unspecified atom stereocenters. The molecular formula is C23H25NO5. The molecule has 0 radical (unpaired) electrons. The Morgan fingerprint density at radius 2 is 1.48 bits per heavy atom. The van der Waals surface area contributed by atoms with Crippen LogP contribution in [0.4, 0.5) is 0 Å². The van der Waals surface area contributed by atoms with E-state index in [1.165, 1.54) is 6.92 Å². The number of amides is 1. The van der Waals surface area contributed by atoms with Crippen molar-refractivity contribution in [3.8, 4) is 16.9 Å². The summed E-state index contributed by atoms with van der Waals surface area (Å²) in [5.74, 6) is -0.713. The molecule has 0 aliphatic rings. The zero-order valence-electron chi connectivity index (χ0n) is 16.9. The molecule has 0 spiro atoms. The predicted octanol–water partition coefficient (Wildman–Crippen LogP) is 3.86. The molecule has 0 N–H and O–H groups in total. The smallest absolute Gasteiger partial charge is 0.338 e. The van der Waals surface area contributed by atoms with Crippen LogP contribution in [0.15, 0.2) is 60.7 Å². The molecule has 0 saturated heterocycles. The van der Waals surface area contributed by atoms with E-state index in [4.69, 9.17) is 9.47 Å². The van der Waals surface area contributed by atoms with Gasteiger partial charge < -0.3 is 14.4 Å². The predicted molar refractivity (Wildman–Crippen MR) is 111 cm³/mol. The number of carbonyl (C=O) groups excluding carboxylic acids is 3. The molecule has 2 rings (SSSR count). The molecule has 2 aromatic carbocycles. The Bertz CT molecular complexity index is 884. The largest absolute Gasteiger partial charge is 0.452 e. The van der Waals surface area contributed by atoms with Gasteiger partial charge in [-0.3, -0.25) is 9.59 Å². The third-order valence-corrected chi connectivity index (χ3v) is 4.09. The summed E-state index contributed by atoms with van der Waals surface area (Å²) >= 11 is 0. The highest BCUT2D eigenvalue weighted by Crippen LogP contribution is 2.23. The van der Waals surface area contributed by atoms with E-state index in [1.54, 1.807) is 41.3 Å². The van der Waals surface area contributed by atoms with Crippen LogP contribution in [0, 0.1) is 0 Å². The summed E-state index contributed by atoms with van der Waals surface area (Å²) in [5, 5.41) is 0. The second kappa shape index (κ2) is 10.2. The van der Waals surface area contributed by atoms with Crippen molar-refractivity contribution in [1.29, 1.82) is 0 Å². The van der Waals surface area contributed by atoms with Crippen molar-refractivity contribution in [2.45, 2.75) is 20.8 Å². The van der Waals surface area contributed by atoms with Crippen LogP contribution in [-0.4, -0.2) is 42.4 Å². The number of benzene rings is 2. The van der Waals surface area contributed by atoms with Gasteiger partial charge in [-0.2, -0.15) is 0 Å². The second-order valence-electron chi connectivity index (χ2n) is 6.64. The molecule has 0 atom stereocenters. The van der Waals surface area contributed by atoms with Crippen LogP contribution in [0.2, 0.25) is 0 Å². The van der Waals surface area contributed by atoms with E-state index in [-0.39, 0.29) is 18.5 Å². The van der Waals surface area contributed by atoms with E-state index in [1.807, 2.05) is 26.0 Å². The molecule has 0 fully saturated rings. The van der Waals surface area contributed by atoms with E-state index in [0.717, 1.165) is 16.7 Å². The quantitative estimate of drug-likeness (QED) is 0.386. The average molecular weight is 395 g/mol. The van der Waals surface area contributed by atoms with E-state index in [9.17, 15) is 14.4 Å². The number of carbonyl (C=O) groups is 3. The van der Waals surface area contributed by atoms with Crippen LogP contribution in [0.25, 0.3) is 11.1 Å². The fourth-order valence-electron chi connectivity index (χ4n) is 2.68. The Balaban J connectivity index is 1.97. The second-order valence-corrected chi connectivity index (χ2v) is 6.64. The number of hydrogen-bond acceptors (Lipinski definition) is 5. The standard InChI is InChI=1S/C23H25NO5/c1-5-24(14-16(2)3)22(26)15-28-23(27)20-8-6-18(7-9-20)19-10-12-21(13-11-19)29-17(4)25/h6-13H,2,5,14-15H2,1,3-4H3. The highest BCUT2D eigenvalue weighted by Gasteiger charge is 2.15. The van der Waals surface area contributed by atoms with Gasteiger partial charge in [-0.25, -0.2) is 4.79 Å². The zero-order valence-corrected chi connectivity index (χ0v) is 16.9. The minimum atomic E-state index is -0.554. The van der Waals surface area contributed by atoms with Crippen molar-refractivity contribution < 1.29 is 23.9 Å². The Labute approximate surface area is 170 Å². The van der Waals surface area contributed by atoms with Gasteiger partial charge in [-0.05, 0) is 49.2 Å². The van der Waals surface area contributed by atoms with Gasteiger partial charge in [0, 0.05) is 20.0 Å². The topological polar surface area (TPSA) is 72.9 Å². The van der Waals surface area contributed by atoms with Crippen LogP contribution in [0.3, 0.4) is 0 Å². The Kier molecular flexibility index (Phi) is 7.71. The van der Waals surface area contributed by atoms with E-state index in [2.05, 4.69) is 6.58 Å². The molecule has 0 aliphatic carbocycles. The number of ether oxygens (including phenoxy) is 2. The van der Waals surface area contributed by atoms with Crippen molar-refractivity contribution in [3.63, 3.8) is 0 Å². The number of rotatable bonds is 8. The van der Waals surface area contributed by atoms with Gasteiger partial charge >= 0.3 is 11.9 Å². The lowest BCUT2D eigenvalue weighted by atomic mass is 10.0. The van der Waals surface area contributed by atoms with Crippen LogP contribution >= 0.6 is 0 Å². The summed E-state index contributed by atoms with van der Waals surface area (Å²) in [6.07, 6.45) is 0. The highest BCUT2D eigenvalue weighted by molar-refractivity contribution is 5.92. The molecule has 29 heavy (non-hydrogen) atoms. The number of nitrogens with zero attached hydrogens (tertiary/aromatic N) is 1. The van der Waals surface area contributed by atoms with Gasteiger partial charge in [-0.1, -0.05) is 36.4 Å². The van der Waals surface area contributed by atoms with Crippen molar-refractivity contribution >= 4 is 17.8 Å². The fraction of sp³-hybridized carbons (Fsp3) is 0.261. The van der Waals surface area contributed by atoms with E-state index >= 15 is 0 Å². The van der Waals surface area contributed by atoms with E-state index < -0.39 is 5.97 Å². The average Bonchev–Trinajstić information content (AvgIpc) is 2.70. The first kappa shape index (κ1) is 21.9. The summed E-state index contributed by atoms with van der Waals surface area (Å²) in [6.45, 7) is 9.50. The lowest BCUT2D eigenvalue weighted by Crippen LogP contribution is -2.35. The third kappa shape index (κ3) is 6.60. The summed E-state index contributed by atoms with van der Waals surface area (Å²) in [6, 6.07) is 13.9. The number of esters is 2. The maximum atomic E-state index is 12.2. The number of hydrogen-bond donors (Lipinski definition) is 0. The van der Waals surface area contributed by atoms with Crippen LogP contribution in [0.1, 0.15) is 31.1 Å². The maximum absolute atomic E-state index is 12.2. The normalized spacial score (nSPS) is 10.2. The van der Waals surface area contributed by atoms with Gasteiger partial charge in [0.2, 0.25) is 0 Å². The summed E-state index contributed by atoms with van der Waals surface area (Å²) in [7, 11) is 0. The first-order valence-electron chi connectivity index (χ1n) is 9.28. The Morgan fingerprint density at radius 3 is 1.97 bits per heavy atom. The molecule has 0 aliphatic heterocycles. The van der Waals surface area contributed by atoms with Gasteiger partial charge in [0.15, 0.2) is 6.61 Å². The third-order valence-electron chi connectivity index (χ3n) is 4.09. The minimum Gasteiger partial charge on any atom is -0.452 e. The van der Waals surface area contributed by atoms with Crippen molar-refractivity contribution in [2.75, 3.05) is 19.7 Å². The maximum Gasteiger partial charge on any atom is 0.338 e.